The van der Waals surface area contributed by atoms with Gasteiger partial charge in [0, 0.05) is 44.3 Å². The van der Waals surface area contributed by atoms with E-state index in [1.807, 2.05) is 18.2 Å². The Bertz CT molecular complexity index is 1170. The lowest BCUT2D eigenvalue weighted by molar-refractivity contribution is -0.116. The van der Waals surface area contributed by atoms with Crippen molar-refractivity contribution in [1.82, 2.24) is 24.4 Å². The standard InChI is InChI=1S/C22H23N5O4S/c28-22(24-17-19-4-8-21(23-16-19)27-11-1-10-25-27)9-5-18-2-6-20(7-3-18)32(29,30)26-12-14-31-15-13-26/h1-11,16H,12-15,17H2,(H,24,28)/b9-5+. The van der Waals surface area contributed by atoms with Gasteiger partial charge in [0.15, 0.2) is 5.82 Å². The molecule has 0 spiro atoms. The first-order chi connectivity index (χ1) is 15.5. The van der Waals surface area contributed by atoms with Gasteiger partial charge in [-0.1, -0.05) is 18.2 Å². The van der Waals surface area contributed by atoms with Crippen LogP contribution in [-0.2, 0) is 26.1 Å². The highest BCUT2D eigenvalue weighted by atomic mass is 32.2. The van der Waals surface area contributed by atoms with Crippen LogP contribution in [0.5, 0.6) is 0 Å². The van der Waals surface area contributed by atoms with Crippen molar-refractivity contribution in [2.75, 3.05) is 26.3 Å². The summed E-state index contributed by atoms with van der Waals surface area (Å²) in [6, 6.07) is 12.0. The van der Waals surface area contributed by atoms with E-state index in [4.69, 9.17) is 4.74 Å². The summed E-state index contributed by atoms with van der Waals surface area (Å²) in [6.07, 6.45) is 8.23. The third-order valence-electron chi connectivity index (χ3n) is 4.93. The molecule has 0 atom stereocenters. The molecule has 1 saturated heterocycles. The molecule has 10 heteroatoms. The van der Waals surface area contributed by atoms with Crippen LogP contribution in [0.25, 0.3) is 11.9 Å². The van der Waals surface area contributed by atoms with Crippen molar-refractivity contribution in [3.63, 3.8) is 0 Å². The van der Waals surface area contributed by atoms with Crippen molar-refractivity contribution in [2.24, 2.45) is 0 Å². The molecule has 32 heavy (non-hydrogen) atoms. The summed E-state index contributed by atoms with van der Waals surface area (Å²) in [7, 11) is -3.53. The molecular weight excluding hydrogens is 430 g/mol. The molecule has 1 fully saturated rings. The molecule has 0 bridgehead atoms. The van der Waals surface area contributed by atoms with Gasteiger partial charge >= 0.3 is 0 Å². The zero-order valence-electron chi connectivity index (χ0n) is 17.3. The second-order valence-electron chi connectivity index (χ2n) is 7.11. The fourth-order valence-corrected chi connectivity index (χ4v) is 4.58. The number of pyridine rings is 1. The van der Waals surface area contributed by atoms with Crippen LogP contribution in [0.3, 0.4) is 0 Å². The van der Waals surface area contributed by atoms with E-state index in [2.05, 4.69) is 15.4 Å². The number of carbonyl (C=O) groups excluding carboxylic acids is 1. The van der Waals surface area contributed by atoms with Crippen molar-refractivity contribution in [1.29, 1.82) is 0 Å². The molecule has 2 aromatic heterocycles. The third kappa shape index (κ3) is 5.28. The molecule has 0 aliphatic carbocycles. The van der Waals surface area contributed by atoms with E-state index in [0.717, 1.165) is 11.1 Å². The molecule has 0 radical (unpaired) electrons. The number of hydrogen-bond donors (Lipinski definition) is 1. The maximum Gasteiger partial charge on any atom is 0.244 e. The fourth-order valence-electron chi connectivity index (χ4n) is 3.17. The Kier molecular flexibility index (Phi) is 6.74. The maximum absolute atomic E-state index is 12.7. The molecule has 3 heterocycles. The average molecular weight is 454 g/mol. The zero-order chi connectivity index (χ0) is 22.4. The highest BCUT2D eigenvalue weighted by Crippen LogP contribution is 2.18. The van der Waals surface area contributed by atoms with Crippen molar-refractivity contribution >= 4 is 22.0 Å². The largest absolute Gasteiger partial charge is 0.379 e. The minimum Gasteiger partial charge on any atom is -0.379 e. The van der Waals surface area contributed by atoms with Crippen LogP contribution in [0.15, 0.2) is 72.0 Å². The summed E-state index contributed by atoms with van der Waals surface area (Å²) in [6.45, 7) is 1.85. The van der Waals surface area contributed by atoms with Gasteiger partial charge in [0.2, 0.25) is 15.9 Å². The highest BCUT2D eigenvalue weighted by molar-refractivity contribution is 7.89. The van der Waals surface area contributed by atoms with E-state index >= 15 is 0 Å². The number of rotatable bonds is 7. The Hall–Kier alpha value is -3.34. The van der Waals surface area contributed by atoms with Gasteiger partial charge in [-0.15, -0.1) is 0 Å². The van der Waals surface area contributed by atoms with Gasteiger partial charge in [0.05, 0.1) is 18.1 Å². The first-order valence-electron chi connectivity index (χ1n) is 10.1. The normalized spacial score (nSPS) is 15.1. The predicted molar refractivity (Wildman–Crippen MR) is 118 cm³/mol. The number of benzene rings is 1. The minimum absolute atomic E-state index is 0.229. The number of nitrogens with zero attached hydrogens (tertiary/aromatic N) is 4. The SMILES string of the molecule is O=C(/C=C/c1ccc(S(=O)(=O)N2CCOCC2)cc1)NCc1ccc(-n2cccn2)nc1. The Labute approximate surface area is 186 Å². The molecule has 0 unspecified atom stereocenters. The zero-order valence-corrected chi connectivity index (χ0v) is 18.1. The lowest BCUT2D eigenvalue weighted by Gasteiger charge is -2.26. The fraction of sp³-hybridized carbons (Fsp3) is 0.227. The van der Waals surface area contributed by atoms with E-state index < -0.39 is 10.0 Å². The van der Waals surface area contributed by atoms with E-state index in [1.54, 1.807) is 53.6 Å². The van der Waals surface area contributed by atoms with Gasteiger partial charge in [-0.05, 0) is 41.5 Å². The quantitative estimate of drug-likeness (QED) is 0.545. The average Bonchev–Trinajstić information content (AvgIpc) is 3.38. The van der Waals surface area contributed by atoms with Crippen LogP contribution in [0.1, 0.15) is 11.1 Å². The topological polar surface area (TPSA) is 106 Å². The third-order valence-corrected chi connectivity index (χ3v) is 6.84. The van der Waals surface area contributed by atoms with Crippen LogP contribution in [0.4, 0.5) is 0 Å². The number of carbonyl (C=O) groups is 1. The predicted octanol–water partition coefficient (Wildman–Crippen LogP) is 1.62. The Balaban J connectivity index is 1.30. The first kappa shape index (κ1) is 21.9. The molecule has 1 N–H and O–H groups in total. The van der Waals surface area contributed by atoms with Crippen LogP contribution in [0.2, 0.25) is 0 Å². The Morgan fingerprint density at radius 1 is 1.12 bits per heavy atom. The van der Waals surface area contributed by atoms with Gasteiger partial charge in [0.25, 0.3) is 0 Å². The van der Waals surface area contributed by atoms with Gasteiger partial charge in [0.1, 0.15) is 0 Å². The highest BCUT2D eigenvalue weighted by Gasteiger charge is 2.25. The maximum atomic E-state index is 12.7. The number of amides is 1. The van der Waals surface area contributed by atoms with E-state index in [9.17, 15) is 13.2 Å². The van der Waals surface area contributed by atoms with Crippen molar-refractivity contribution in [2.45, 2.75) is 11.4 Å². The monoisotopic (exact) mass is 453 g/mol. The summed E-state index contributed by atoms with van der Waals surface area (Å²) in [4.78, 5) is 16.7. The number of ether oxygens (including phenoxy) is 1. The van der Waals surface area contributed by atoms with E-state index in [0.29, 0.717) is 38.7 Å². The molecular formula is C22H23N5O4S. The van der Waals surface area contributed by atoms with Gasteiger partial charge < -0.3 is 10.1 Å². The van der Waals surface area contributed by atoms with Gasteiger partial charge in [-0.2, -0.15) is 9.40 Å². The van der Waals surface area contributed by atoms with Crippen LogP contribution >= 0.6 is 0 Å². The van der Waals surface area contributed by atoms with Crippen molar-refractivity contribution in [3.05, 3.63) is 78.3 Å². The van der Waals surface area contributed by atoms with Crippen LogP contribution < -0.4 is 5.32 Å². The molecule has 1 aliphatic heterocycles. The van der Waals surface area contributed by atoms with Gasteiger partial charge in [-0.3, -0.25) is 4.79 Å². The molecule has 1 amide bonds. The summed E-state index contributed by atoms with van der Waals surface area (Å²) >= 11 is 0. The Morgan fingerprint density at radius 2 is 1.91 bits per heavy atom. The van der Waals surface area contributed by atoms with Crippen molar-refractivity contribution in [3.8, 4) is 5.82 Å². The molecule has 1 aliphatic rings. The van der Waals surface area contributed by atoms with E-state index in [1.165, 1.54) is 10.4 Å². The molecule has 166 valence electrons. The number of morpholine rings is 1. The first-order valence-corrected chi connectivity index (χ1v) is 11.6. The van der Waals surface area contributed by atoms with Crippen LogP contribution in [-0.4, -0.2) is 59.7 Å². The second-order valence-corrected chi connectivity index (χ2v) is 9.05. The van der Waals surface area contributed by atoms with E-state index in [-0.39, 0.29) is 10.8 Å². The number of sulfonamides is 1. The summed E-state index contributed by atoms with van der Waals surface area (Å²) in [5, 5.41) is 6.92. The second kappa shape index (κ2) is 9.86. The number of nitrogens with one attached hydrogen (secondary N) is 1. The Morgan fingerprint density at radius 3 is 2.56 bits per heavy atom. The van der Waals surface area contributed by atoms with Crippen molar-refractivity contribution < 1.29 is 17.9 Å². The summed E-state index contributed by atoms with van der Waals surface area (Å²) < 4.78 is 33.6. The molecule has 1 aromatic carbocycles. The summed E-state index contributed by atoms with van der Waals surface area (Å²) in [5.41, 5.74) is 1.59. The molecule has 0 saturated carbocycles. The lowest BCUT2D eigenvalue weighted by Crippen LogP contribution is -2.40. The number of aromatic nitrogens is 3. The van der Waals surface area contributed by atoms with Gasteiger partial charge in [-0.25, -0.2) is 18.1 Å². The number of hydrogen-bond acceptors (Lipinski definition) is 6. The summed E-state index contributed by atoms with van der Waals surface area (Å²) in [5.74, 6) is 0.440. The van der Waals surface area contributed by atoms with Crippen LogP contribution in [0, 0.1) is 0 Å². The smallest absolute Gasteiger partial charge is 0.244 e. The lowest BCUT2D eigenvalue weighted by atomic mass is 10.2. The minimum atomic E-state index is -3.53. The molecule has 9 nitrogen and oxygen atoms in total. The molecule has 3 aromatic rings. The molecule has 4 rings (SSSR count).